The predicted octanol–water partition coefficient (Wildman–Crippen LogP) is 3.05. The fourth-order valence-corrected chi connectivity index (χ4v) is 2.94. The van der Waals surface area contributed by atoms with Crippen LogP contribution in [-0.4, -0.2) is 29.9 Å². The lowest BCUT2D eigenvalue weighted by atomic mass is 9.90. The van der Waals surface area contributed by atoms with Crippen molar-refractivity contribution in [3.8, 4) is 0 Å². The van der Waals surface area contributed by atoms with Gasteiger partial charge in [0, 0.05) is 24.5 Å². The van der Waals surface area contributed by atoms with Gasteiger partial charge in [-0.15, -0.1) is 12.4 Å². The summed E-state index contributed by atoms with van der Waals surface area (Å²) < 4.78 is 5.45. The highest BCUT2D eigenvalue weighted by Crippen LogP contribution is 2.25. The molecule has 5 heteroatoms. The molecule has 0 saturated carbocycles. The highest BCUT2D eigenvalue weighted by Gasteiger charge is 2.27. The average Bonchev–Trinajstić information content (AvgIpc) is 2.90. The number of hydrogen-bond acceptors (Lipinski definition) is 3. The number of carbonyl (C=O) groups excluding carboxylic acids is 1. The molecule has 2 aromatic rings. The van der Waals surface area contributed by atoms with E-state index in [-0.39, 0.29) is 24.4 Å². The van der Waals surface area contributed by atoms with Crippen molar-refractivity contribution in [2.45, 2.75) is 25.8 Å². The number of para-hydroxylation sites is 1. The second-order valence-electron chi connectivity index (χ2n) is 5.63. The third-order valence-electron chi connectivity index (χ3n) is 4.28. The van der Waals surface area contributed by atoms with Gasteiger partial charge in [0.05, 0.1) is 5.56 Å². The topological polar surface area (TPSA) is 59.5 Å². The van der Waals surface area contributed by atoms with Crippen LogP contribution in [0, 0.1) is 5.92 Å². The molecule has 1 atom stereocenters. The number of amides is 1. The summed E-state index contributed by atoms with van der Waals surface area (Å²) in [7, 11) is 0. The fourth-order valence-electron chi connectivity index (χ4n) is 2.94. The number of halogens is 1. The molecular formula is C16H21ClN2O2. The smallest absolute Gasteiger partial charge is 0.257 e. The summed E-state index contributed by atoms with van der Waals surface area (Å²) in [6.07, 6.45) is 3.54. The average molecular weight is 309 g/mol. The number of likely N-dealkylation sites (tertiary alicyclic amines) is 1. The molecule has 2 N–H and O–H groups in total. The maximum atomic E-state index is 12.6. The van der Waals surface area contributed by atoms with Crippen LogP contribution in [0.4, 0.5) is 0 Å². The fraction of sp³-hybridized carbons (Fsp3) is 0.438. The zero-order valence-corrected chi connectivity index (χ0v) is 12.9. The van der Waals surface area contributed by atoms with Gasteiger partial charge in [0.2, 0.25) is 0 Å². The van der Waals surface area contributed by atoms with Gasteiger partial charge in [-0.2, -0.15) is 0 Å². The summed E-state index contributed by atoms with van der Waals surface area (Å²) in [4.78, 5) is 14.5. The summed E-state index contributed by atoms with van der Waals surface area (Å²) in [5.74, 6) is 0.596. The Kier molecular flexibility index (Phi) is 4.91. The molecule has 21 heavy (non-hydrogen) atoms. The monoisotopic (exact) mass is 308 g/mol. The van der Waals surface area contributed by atoms with Crippen LogP contribution in [0.2, 0.25) is 0 Å². The highest BCUT2D eigenvalue weighted by molar-refractivity contribution is 6.05. The molecule has 3 rings (SSSR count). The quantitative estimate of drug-likeness (QED) is 0.927. The van der Waals surface area contributed by atoms with Crippen LogP contribution in [-0.2, 0) is 0 Å². The van der Waals surface area contributed by atoms with Gasteiger partial charge in [0.25, 0.3) is 5.91 Å². The Hall–Kier alpha value is -1.52. The molecule has 114 valence electrons. The number of piperidine rings is 1. The Bertz CT molecular complexity index is 616. The minimum absolute atomic E-state index is 0. The molecule has 0 spiro atoms. The third-order valence-corrected chi connectivity index (χ3v) is 4.28. The second kappa shape index (κ2) is 6.50. The summed E-state index contributed by atoms with van der Waals surface area (Å²) >= 11 is 0. The molecule has 0 radical (unpaired) electrons. The largest absolute Gasteiger partial charge is 0.463 e. The van der Waals surface area contributed by atoms with Crippen LogP contribution in [0.25, 0.3) is 11.0 Å². The Morgan fingerprint density at radius 3 is 2.67 bits per heavy atom. The molecule has 2 heterocycles. The molecule has 0 bridgehead atoms. The van der Waals surface area contributed by atoms with E-state index in [9.17, 15) is 4.79 Å². The first-order chi connectivity index (χ1) is 9.66. The number of hydrogen-bond donors (Lipinski definition) is 1. The van der Waals surface area contributed by atoms with Crippen molar-refractivity contribution < 1.29 is 9.21 Å². The first-order valence-electron chi connectivity index (χ1n) is 7.18. The molecule has 1 aliphatic heterocycles. The van der Waals surface area contributed by atoms with Crippen molar-refractivity contribution in [2.24, 2.45) is 11.7 Å². The third kappa shape index (κ3) is 3.06. The van der Waals surface area contributed by atoms with E-state index in [1.165, 1.54) is 0 Å². The zero-order chi connectivity index (χ0) is 14.1. The molecule has 1 unspecified atom stereocenters. The van der Waals surface area contributed by atoms with Crippen molar-refractivity contribution >= 4 is 29.3 Å². The SMILES string of the molecule is CC(N)C1CCN(C(=O)c2coc3ccccc23)CC1.Cl. The maximum Gasteiger partial charge on any atom is 0.257 e. The summed E-state index contributed by atoms with van der Waals surface area (Å²) in [5, 5.41) is 0.895. The van der Waals surface area contributed by atoms with Crippen LogP contribution in [0.15, 0.2) is 34.9 Å². The summed E-state index contributed by atoms with van der Waals surface area (Å²) in [6.45, 7) is 3.61. The van der Waals surface area contributed by atoms with Crippen molar-refractivity contribution in [1.82, 2.24) is 4.90 Å². The van der Waals surface area contributed by atoms with E-state index in [2.05, 4.69) is 0 Å². The molecule has 1 saturated heterocycles. The Morgan fingerprint density at radius 1 is 1.33 bits per heavy atom. The van der Waals surface area contributed by atoms with Gasteiger partial charge in [-0.05, 0) is 31.7 Å². The molecule has 1 aliphatic rings. The van der Waals surface area contributed by atoms with Crippen LogP contribution in [0.1, 0.15) is 30.1 Å². The van der Waals surface area contributed by atoms with Crippen LogP contribution in [0.5, 0.6) is 0 Å². The van der Waals surface area contributed by atoms with E-state index in [0.717, 1.165) is 36.9 Å². The van der Waals surface area contributed by atoms with E-state index in [0.29, 0.717) is 11.5 Å². The van der Waals surface area contributed by atoms with E-state index in [1.54, 1.807) is 6.26 Å². The lowest BCUT2D eigenvalue weighted by Crippen LogP contribution is -2.42. The summed E-state index contributed by atoms with van der Waals surface area (Å²) in [6, 6.07) is 7.86. The Labute approximate surface area is 130 Å². The van der Waals surface area contributed by atoms with E-state index in [4.69, 9.17) is 10.2 Å². The maximum absolute atomic E-state index is 12.6. The Balaban J connectivity index is 0.00000161. The predicted molar refractivity (Wildman–Crippen MR) is 85.7 cm³/mol. The molecule has 1 aromatic carbocycles. The van der Waals surface area contributed by atoms with Gasteiger partial charge in [0.15, 0.2) is 0 Å². The standard InChI is InChI=1S/C16H20N2O2.ClH/c1-11(17)12-6-8-18(9-7-12)16(19)14-10-20-15-5-3-2-4-13(14)15;/h2-5,10-12H,6-9,17H2,1H3;1H. The minimum atomic E-state index is 0. The number of furan rings is 1. The molecule has 1 aromatic heterocycles. The number of benzene rings is 1. The van der Waals surface area contributed by atoms with E-state index >= 15 is 0 Å². The lowest BCUT2D eigenvalue weighted by molar-refractivity contribution is 0.0682. The van der Waals surface area contributed by atoms with Crippen molar-refractivity contribution in [2.75, 3.05) is 13.1 Å². The van der Waals surface area contributed by atoms with Gasteiger partial charge < -0.3 is 15.1 Å². The Morgan fingerprint density at radius 2 is 2.00 bits per heavy atom. The van der Waals surface area contributed by atoms with Crippen molar-refractivity contribution in [1.29, 1.82) is 0 Å². The van der Waals surface area contributed by atoms with Crippen molar-refractivity contribution in [3.05, 3.63) is 36.1 Å². The zero-order valence-electron chi connectivity index (χ0n) is 12.1. The van der Waals surface area contributed by atoms with Crippen LogP contribution in [0.3, 0.4) is 0 Å². The lowest BCUT2D eigenvalue weighted by Gasteiger charge is -2.33. The van der Waals surface area contributed by atoms with Gasteiger partial charge in [-0.25, -0.2) is 0 Å². The van der Waals surface area contributed by atoms with Gasteiger partial charge in [-0.3, -0.25) is 4.79 Å². The molecular weight excluding hydrogens is 288 g/mol. The van der Waals surface area contributed by atoms with E-state index in [1.807, 2.05) is 36.1 Å². The van der Waals surface area contributed by atoms with Crippen LogP contribution >= 0.6 is 12.4 Å². The van der Waals surface area contributed by atoms with Crippen LogP contribution < -0.4 is 5.73 Å². The number of carbonyl (C=O) groups is 1. The second-order valence-corrected chi connectivity index (χ2v) is 5.63. The van der Waals surface area contributed by atoms with E-state index < -0.39 is 0 Å². The highest BCUT2D eigenvalue weighted by atomic mass is 35.5. The summed E-state index contributed by atoms with van der Waals surface area (Å²) in [5.41, 5.74) is 7.37. The normalized spacial score (nSPS) is 17.5. The number of nitrogens with two attached hydrogens (primary N) is 1. The minimum Gasteiger partial charge on any atom is -0.463 e. The van der Waals surface area contributed by atoms with Crippen molar-refractivity contribution in [3.63, 3.8) is 0 Å². The number of nitrogens with zero attached hydrogens (tertiary/aromatic N) is 1. The number of fused-ring (bicyclic) bond motifs is 1. The van der Waals surface area contributed by atoms with Gasteiger partial charge >= 0.3 is 0 Å². The first kappa shape index (κ1) is 15.9. The van der Waals surface area contributed by atoms with Gasteiger partial charge in [0.1, 0.15) is 11.8 Å². The molecule has 4 nitrogen and oxygen atoms in total. The van der Waals surface area contributed by atoms with Gasteiger partial charge in [-0.1, -0.05) is 18.2 Å². The number of rotatable bonds is 2. The molecule has 0 aliphatic carbocycles. The molecule has 1 fully saturated rings. The first-order valence-corrected chi connectivity index (χ1v) is 7.18. The molecule has 1 amide bonds.